The normalized spacial score (nSPS) is 12.5. The van der Waals surface area contributed by atoms with Crippen LogP contribution in [0, 0.1) is 0 Å². The largest absolute Gasteiger partial charge is 0.488 e. The fraction of sp³-hybridized carbons (Fsp3) is 0.200. The maximum absolute atomic E-state index is 12.9. The van der Waals surface area contributed by atoms with Gasteiger partial charge in [0.15, 0.2) is 12.2 Å². The van der Waals surface area contributed by atoms with Gasteiger partial charge in [0, 0.05) is 44.4 Å². The van der Waals surface area contributed by atoms with Crippen LogP contribution in [-0.2, 0) is 36.5 Å². The summed E-state index contributed by atoms with van der Waals surface area (Å²) in [5, 5.41) is 50.8. The molecule has 0 aliphatic heterocycles. The van der Waals surface area contributed by atoms with E-state index in [0.29, 0.717) is 26.9 Å². The Balaban J connectivity index is 0.000000222. The first-order chi connectivity index (χ1) is 28.7. The van der Waals surface area contributed by atoms with Crippen LogP contribution >= 0.6 is 15.9 Å². The molecule has 10 N–H and O–H groups in total. The zero-order valence-electron chi connectivity index (χ0n) is 32.5. The number of benzene rings is 2. The van der Waals surface area contributed by atoms with Gasteiger partial charge in [-0.3, -0.25) is 38.5 Å². The van der Waals surface area contributed by atoms with E-state index in [1.165, 1.54) is 29.5 Å². The monoisotopic (exact) mass is 882 g/mol. The van der Waals surface area contributed by atoms with E-state index in [4.69, 9.17) is 21.5 Å². The van der Waals surface area contributed by atoms with Crippen molar-refractivity contribution in [2.75, 3.05) is 0 Å². The molecule has 4 amide bonds. The highest BCUT2D eigenvalue weighted by molar-refractivity contribution is 9.10. The van der Waals surface area contributed by atoms with Crippen molar-refractivity contribution < 1.29 is 39.4 Å². The van der Waals surface area contributed by atoms with Gasteiger partial charge in [-0.2, -0.15) is 10.2 Å². The predicted octanol–water partition coefficient (Wildman–Crippen LogP) is -0.199. The second-order valence-electron chi connectivity index (χ2n) is 13.1. The summed E-state index contributed by atoms with van der Waals surface area (Å²) in [7, 11) is 2.03. The molecular formula is C40H44BBrN10O8. The molecule has 0 spiro atoms. The van der Waals surface area contributed by atoms with Crippen LogP contribution in [0.4, 0.5) is 0 Å². The molecule has 6 aromatic rings. The maximum Gasteiger partial charge on any atom is 0.488 e. The third-order valence-corrected chi connectivity index (χ3v) is 9.77. The molecule has 4 atom stereocenters. The van der Waals surface area contributed by atoms with Crippen molar-refractivity contribution in [2.45, 2.75) is 37.1 Å². The number of nitrogens with two attached hydrogens (primary N) is 2. The standard InChI is InChI=1S/C20H21N5O3.C15H17BrN4O3.C5H6BNO2/c1-25-17(14-7-9-22-10-8-14)15(12-23-25)20(28)24-16(18(26)19(21)27)11-13-5-3-2-4-6-13;1-20-13(16)10(8-18-20)15(23)19-11(12(21)14(17)22)7-9-5-3-2-4-6-9;8-6(9)5-1-3-7-4-2-5/h2-10,12,16,18,26H,11H2,1H3,(H2,21,27)(H,24,28);2-6,8,11-12,21H,7H2,1H3,(H2,17,22)(H,19,23);1-4,8-9H/t16-,18?;11-,12?;/m00./s1. The number of aliphatic hydroxyl groups excluding tert-OH is 2. The van der Waals surface area contributed by atoms with E-state index in [9.17, 15) is 29.4 Å². The molecule has 18 nitrogen and oxygen atoms in total. The molecule has 20 heteroatoms. The molecule has 0 bridgehead atoms. The highest BCUT2D eigenvalue weighted by Crippen LogP contribution is 2.23. The van der Waals surface area contributed by atoms with Crippen molar-refractivity contribution in [3.63, 3.8) is 0 Å². The number of rotatable bonds is 14. The van der Waals surface area contributed by atoms with Gasteiger partial charge in [-0.15, -0.1) is 0 Å². The van der Waals surface area contributed by atoms with Gasteiger partial charge in [0.05, 0.1) is 41.3 Å². The first-order valence-corrected chi connectivity index (χ1v) is 19.0. The summed E-state index contributed by atoms with van der Waals surface area (Å²) in [5.74, 6) is -2.70. The highest BCUT2D eigenvalue weighted by Gasteiger charge is 2.29. The summed E-state index contributed by atoms with van der Waals surface area (Å²) in [6, 6.07) is 23.4. The van der Waals surface area contributed by atoms with Crippen LogP contribution in [0.5, 0.6) is 0 Å². The average molecular weight is 884 g/mol. The van der Waals surface area contributed by atoms with E-state index in [0.717, 1.165) is 16.7 Å². The number of amides is 4. The zero-order valence-corrected chi connectivity index (χ0v) is 34.1. The molecule has 60 heavy (non-hydrogen) atoms. The van der Waals surface area contributed by atoms with Gasteiger partial charge in [-0.1, -0.05) is 60.7 Å². The summed E-state index contributed by atoms with van der Waals surface area (Å²) in [6.45, 7) is 0. The van der Waals surface area contributed by atoms with Crippen molar-refractivity contribution in [1.82, 2.24) is 40.2 Å². The number of hydrogen-bond acceptors (Lipinski definition) is 12. The molecule has 4 aromatic heterocycles. The lowest BCUT2D eigenvalue weighted by Crippen LogP contribution is -2.50. The van der Waals surface area contributed by atoms with E-state index in [2.05, 4.69) is 46.7 Å². The Hall–Kier alpha value is -6.58. The van der Waals surface area contributed by atoms with Crippen molar-refractivity contribution in [2.24, 2.45) is 25.6 Å². The van der Waals surface area contributed by atoms with E-state index in [1.807, 2.05) is 60.7 Å². The molecule has 6 rings (SSSR count). The van der Waals surface area contributed by atoms with Crippen LogP contribution in [0.15, 0.2) is 127 Å². The van der Waals surface area contributed by atoms with E-state index in [-0.39, 0.29) is 12.8 Å². The summed E-state index contributed by atoms with van der Waals surface area (Å²) < 4.78 is 3.58. The lowest BCUT2D eigenvalue weighted by molar-refractivity contribution is -0.127. The summed E-state index contributed by atoms with van der Waals surface area (Å²) in [5.41, 5.74) is 14.6. The van der Waals surface area contributed by atoms with Gasteiger partial charge in [-0.25, -0.2) is 0 Å². The second kappa shape index (κ2) is 22.5. The van der Waals surface area contributed by atoms with Gasteiger partial charge in [-0.05, 0) is 69.6 Å². The van der Waals surface area contributed by atoms with Crippen LogP contribution in [0.2, 0.25) is 0 Å². The van der Waals surface area contributed by atoms with Crippen molar-refractivity contribution in [3.05, 3.63) is 149 Å². The fourth-order valence-electron chi connectivity index (χ4n) is 5.67. The molecule has 0 aliphatic rings. The van der Waals surface area contributed by atoms with Crippen LogP contribution < -0.4 is 27.6 Å². The van der Waals surface area contributed by atoms with Gasteiger partial charge in [0.2, 0.25) is 11.8 Å². The Morgan fingerprint density at radius 1 is 0.667 bits per heavy atom. The number of halogens is 1. The van der Waals surface area contributed by atoms with Crippen molar-refractivity contribution in [1.29, 1.82) is 0 Å². The Labute approximate surface area is 353 Å². The van der Waals surface area contributed by atoms with E-state index < -0.39 is 55.0 Å². The van der Waals surface area contributed by atoms with Crippen LogP contribution in [0.3, 0.4) is 0 Å². The first kappa shape index (κ1) is 46.1. The number of aryl methyl sites for hydroxylation is 2. The number of aliphatic hydroxyl groups is 2. The molecule has 2 unspecified atom stereocenters. The van der Waals surface area contributed by atoms with Crippen molar-refractivity contribution in [3.8, 4) is 11.3 Å². The second-order valence-corrected chi connectivity index (χ2v) is 13.9. The maximum atomic E-state index is 12.9. The number of aromatic nitrogens is 6. The minimum atomic E-state index is -1.52. The Morgan fingerprint density at radius 3 is 1.48 bits per heavy atom. The average Bonchev–Trinajstić information content (AvgIpc) is 3.81. The quantitative estimate of drug-likeness (QED) is 0.0661. The van der Waals surface area contributed by atoms with E-state index >= 15 is 0 Å². The molecule has 0 saturated heterocycles. The molecule has 2 aromatic carbocycles. The third kappa shape index (κ3) is 13.2. The molecule has 0 saturated carbocycles. The van der Waals surface area contributed by atoms with Gasteiger partial charge in [0.25, 0.3) is 11.8 Å². The number of nitrogens with one attached hydrogen (secondary N) is 2. The lowest BCUT2D eigenvalue weighted by atomic mass is 9.81. The molecule has 0 fully saturated rings. The summed E-state index contributed by atoms with van der Waals surface area (Å²) in [4.78, 5) is 55.8. The smallest absolute Gasteiger partial charge is 0.423 e. The lowest BCUT2D eigenvalue weighted by Gasteiger charge is -2.22. The molecule has 4 heterocycles. The highest BCUT2D eigenvalue weighted by atomic mass is 79.9. The number of primary amides is 2. The number of carbonyl (C=O) groups excluding carboxylic acids is 4. The zero-order chi connectivity index (χ0) is 43.8. The topological polar surface area (TPSA) is 287 Å². The molecule has 312 valence electrons. The Kier molecular flexibility index (Phi) is 17.3. The van der Waals surface area contributed by atoms with Crippen LogP contribution in [0.25, 0.3) is 11.3 Å². The Morgan fingerprint density at radius 2 is 1.08 bits per heavy atom. The van der Waals surface area contributed by atoms with Crippen molar-refractivity contribution >= 4 is 52.1 Å². The third-order valence-electron chi connectivity index (χ3n) is 8.83. The molecule has 0 radical (unpaired) electrons. The summed E-state index contributed by atoms with van der Waals surface area (Å²) in [6.07, 6.45) is 6.62. The number of carbonyl (C=O) groups is 4. The van der Waals surface area contributed by atoms with Gasteiger partial charge in [0.1, 0.15) is 4.60 Å². The Bertz CT molecular complexity index is 2300. The molecule has 0 aliphatic carbocycles. The number of pyridine rings is 2. The molecular weight excluding hydrogens is 839 g/mol. The van der Waals surface area contributed by atoms with Gasteiger partial charge >= 0.3 is 7.12 Å². The SMILES string of the molecule is Cn1ncc(C(=O)N[C@@H](Cc2ccccc2)C(O)C(N)=O)c1-c1ccncc1.Cn1ncc(C(=O)N[C@@H](Cc2ccccc2)C(O)C(N)=O)c1Br.OB(O)c1ccncc1. The number of hydrogen-bond donors (Lipinski definition) is 8. The minimum Gasteiger partial charge on any atom is -0.423 e. The fourth-order valence-corrected chi connectivity index (χ4v) is 6.05. The van der Waals surface area contributed by atoms with E-state index in [1.54, 1.807) is 55.4 Å². The van der Waals surface area contributed by atoms with Crippen LogP contribution in [0.1, 0.15) is 31.8 Å². The predicted molar refractivity (Wildman–Crippen MR) is 225 cm³/mol. The minimum absolute atomic E-state index is 0.252. The van der Waals surface area contributed by atoms with Gasteiger partial charge < -0.3 is 42.4 Å². The van der Waals surface area contributed by atoms with Crippen LogP contribution in [-0.4, -0.2) is 105 Å². The summed E-state index contributed by atoms with van der Waals surface area (Å²) >= 11 is 3.26. The first-order valence-electron chi connectivity index (χ1n) is 18.2. The number of nitrogens with zero attached hydrogens (tertiary/aromatic N) is 6.